The molecule has 0 aliphatic carbocycles. The Labute approximate surface area is 132 Å². The first kappa shape index (κ1) is 15.7. The van der Waals surface area contributed by atoms with E-state index in [2.05, 4.69) is 26.2 Å². The minimum Gasteiger partial charge on any atom is -0.493 e. The van der Waals surface area contributed by atoms with Crippen molar-refractivity contribution in [2.75, 3.05) is 12.4 Å². The first-order chi connectivity index (χ1) is 9.93. The average Bonchev–Trinajstić information content (AvgIpc) is 2.41. The number of halogens is 4. The van der Waals surface area contributed by atoms with Gasteiger partial charge in [-0.1, -0.05) is 11.6 Å². The van der Waals surface area contributed by atoms with Gasteiger partial charge in [0.25, 0.3) is 5.91 Å². The molecule has 1 aromatic carbocycles. The molecule has 21 heavy (non-hydrogen) atoms. The molecule has 4 nitrogen and oxygen atoms in total. The third-order valence-electron chi connectivity index (χ3n) is 2.55. The summed E-state index contributed by atoms with van der Waals surface area (Å²) in [5.74, 6) is -3.21. The molecule has 1 heterocycles. The number of nitrogens with one attached hydrogen (secondary N) is 1. The van der Waals surface area contributed by atoms with Crippen LogP contribution in [0, 0.1) is 11.8 Å². The third kappa shape index (κ3) is 3.30. The summed E-state index contributed by atoms with van der Waals surface area (Å²) in [6.07, 6.45) is 0.998. The Bertz CT molecular complexity index is 713. The Morgan fingerprint density at radius 3 is 2.81 bits per heavy atom. The molecular formula is C13H8BrClF2N2O2. The van der Waals surface area contributed by atoms with Gasteiger partial charge in [0.15, 0.2) is 11.6 Å². The van der Waals surface area contributed by atoms with Gasteiger partial charge in [-0.25, -0.2) is 9.37 Å². The summed E-state index contributed by atoms with van der Waals surface area (Å²) < 4.78 is 32.2. The van der Waals surface area contributed by atoms with Crippen LogP contribution < -0.4 is 10.1 Å². The van der Waals surface area contributed by atoms with Crippen molar-refractivity contribution >= 4 is 39.1 Å². The highest BCUT2D eigenvalue weighted by Gasteiger charge is 2.18. The highest BCUT2D eigenvalue weighted by Crippen LogP contribution is 2.36. The minimum atomic E-state index is -1.35. The number of amides is 1. The predicted octanol–water partition coefficient (Wildman–Crippen LogP) is 4.04. The molecule has 0 radical (unpaired) electrons. The largest absolute Gasteiger partial charge is 0.493 e. The number of aromatic nitrogens is 1. The molecule has 1 amide bonds. The van der Waals surface area contributed by atoms with Gasteiger partial charge in [-0.2, -0.15) is 4.39 Å². The number of carbonyl (C=O) groups is 1. The number of rotatable bonds is 3. The van der Waals surface area contributed by atoms with Crippen LogP contribution in [0.15, 0.2) is 28.9 Å². The van der Waals surface area contributed by atoms with Gasteiger partial charge in [0.05, 0.1) is 22.8 Å². The smallest absolute Gasteiger partial charge is 0.258 e. The van der Waals surface area contributed by atoms with E-state index in [0.29, 0.717) is 15.2 Å². The molecule has 0 fully saturated rings. The van der Waals surface area contributed by atoms with Gasteiger partial charge in [-0.15, -0.1) is 0 Å². The number of carbonyl (C=O) groups excluding carboxylic acids is 1. The third-order valence-corrected chi connectivity index (χ3v) is 3.36. The van der Waals surface area contributed by atoms with Crippen molar-refractivity contribution in [3.63, 3.8) is 0 Å². The average molecular weight is 378 g/mol. The standard InChI is InChI=1S/C13H8BrClF2N2O2/c1-21-11-8(14)4-6(15)5-9(11)19-13(20)7-2-3-18-12(17)10(7)16/h2-5H,1H3,(H,19,20). The lowest BCUT2D eigenvalue weighted by Crippen LogP contribution is -2.15. The molecule has 0 spiro atoms. The van der Waals surface area contributed by atoms with E-state index in [0.717, 1.165) is 12.3 Å². The van der Waals surface area contributed by atoms with Gasteiger partial charge in [-0.3, -0.25) is 4.79 Å². The Balaban J connectivity index is 2.38. The highest BCUT2D eigenvalue weighted by molar-refractivity contribution is 9.10. The van der Waals surface area contributed by atoms with Crippen molar-refractivity contribution in [3.8, 4) is 5.75 Å². The van der Waals surface area contributed by atoms with Crippen molar-refractivity contribution in [2.24, 2.45) is 0 Å². The van der Waals surface area contributed by atoms with Crippen molar-refractivity contribution < 1.29 is 18.3 Å². The normalized spacial score (nSPS) is 10.3. The van der Waals surface area contributed by atoms with Gasteiger partial charge in [0.1, 0.15) is 0 Å². The maximum atomic E-state index is 13.5. The van der Waals surface area contributed by atoms with E-state index in [1.165, 1.54) is 13.2 Å². The first-order valence-electron chi connectivity index (χ1n) is 5.58. The number of pyridine rings is 1. The van der Waals surface area contributed by atoms with Crippen LogP contribution in [0.2, 0.25) is 5.02 Å². The maximum absolute atomic E-state index is 13.5. The fourth-order valence-electron chi connectivity index (χ4n) is 1.64. The summed E-state index contributed by atoms with van der Waals surface area (Å²) >= 11 is 9.11. The Morgan fingerprint density at radius 1 is 1.43 bits per heavy atom. The van der Waals surface area contributed by atoms with Crippen LogP contribution in [-0.4, -0.2) is 18.0 Å². The molecule has 110 valence electrons. The summed E-state index contributed by atoms with van der Waals surface area (Å²) in [6, 6.07) is 4.07. The lowest BCUT2D eigenvalue weighted by atomic mass is 10.2. The number of nitrogens with zero attached hydrogens (tertiary/aromatic N) is 1. The molecule has 0 atom stereocenters. The molecule has 0 saturated heterocycles. The van der Waals surface area contributed by atoms with Gasteiger partial charge in [0, 0.05) is 11.2 Å². The van der Waals surface area contributed by atoms with Crippen LogP contribution in [-0.2, 0) is 0 Å². The predicted molar refractivity (Wildman–Crippen MR) is 77.8 cm³/mol. The summed E-state index contributed by atoms with van der Waals surface area (Å²) in [5.41, 5.74) is -0.251. The fourth-order valence-corrected chi connectivity index (χ4v) is 2.62. The molecule has 0 bridgehead atoms. The quantitative estimate of drug-likeness (QED) is 0.822. The summed E-state index contributed by atoms with van der Waals surface area (Å²) in [5, 5.41) is 2.75. The summed E-state index contributed by atoms with van der Waals surface area (Å²) in [7, 11) is 1.40. The molecule has 2 rings (SSSR count). The zero-order valence-corrected chi connectivity index (χ0v) is 12.9. The molecular weight excluding hydrogens is 370 g/mol. The number of benzene rings is 1. The highest BCUT2D eigenvalue weighted by atomic mass is 79.9. The number of hydrogen-bond acceptors (Lipinski definition) is 3. The molecule has 1 aromatic heterocycles. The van der Waals surface area contributed by atoms with E-state index in [4.69, 9.17) is 16.3 Å². The number of anilines is 1. The van der Waals surface area contributed by atoms with E-state index in [1.807, 2.05) is 0 Å². The number of hydrogen-bond donors (Lipinski definition) is 1. The Kier molecular flexibility index (Phi) is 4.74. The second-order valence-corrected chi connectivity index (χ2v) is 5.18. The molecule has 0 aliphatic heterocycles. The molecule has 1 N–H and O–H groups in total. The van der Waals surface area contributed by atoms with E-state index in [-0.39, 0.29) is 5.69 Å². The van der Waals surface area contributed by atoms with Crippen molar-refractivity contribution in [1.29, 1.82) is 0 Å². The van der Waals surface area contributed by atoms with Crippen molar-refractivity contribution in [2.45, 2.75) is 0 Å². The minimum absolute atomic E-state index is 0.221. The van der Waals surface area contributed by atoms with Crippen LogP contribution in [0.3, 0.4) is 0 Å². The molecule has 0 aliphatic rings. The fraction of sp³-hybridized carbons (Fsp3) is 0.0769. The Morgan fingerprint density at radius 2 is 2.14 bits per heavy atom. The summed E-state index contributed by atoms with van der Waals surface area (Å²) in [6.45, 7) is 0. The Hall–Kier alpha value is -1.73. The van der Waals surface area contributed by atoms with Crippen LogP contribution in [0.4, 0.5) is 14.5 Å². The SMILES string of the molecule is COc1c(Br)cc(Cl)cc1NC(=O)c1ccnc(F)c1F. The van der Waals surface area contributed by atoms with E-state index < -0.39 is 23.2 Å². The van der Waals surface area contributed by atoms with Gasteiger partial charge in [0.2, 0.25) is 5.95 Å². The van der Waals surface area contributed by atoms with E-state index in [1.54, 1.807) is 6.07 Å². The maximum Gasteiger partial charge on any atom is 0.258 e. The molecule has 2 aromatic rings. The topological polar surface area (TPSA) is 51.2 Å². The molecule has 8 heteroatoms. The number of methoxy groups -OCH3 is 1. The number of ether oxygens (including phenoxy) is 1. The van der Waals surface area contributed by atoms with E-state index >= 15 is 0 Å². The second kappa shape index (κ2) is 6.36. The second-order valence-electron chi connectivity index (χ2n) is 3.89. The van der Waals surface area contributed by atoms with E-state index in [9.17, 15) is 13.6 Å². The molecule has 0 saturated carbocycles. The van der Waals surface area contributed by atoms with Gasteiger partial charge < -0.3 is 10.1 Å². The van der Waals surface area contributed by atoms with Crippen LogP contribution >= 0.6 is 27.5 Å². The lowest BCUT2D eigenvalue weighted by molar-refractivity contribution is 0.102. The van der Waals surface area contributed by atoms with Crippen LogP contribution in [0.5, 0.6) is 5.75 Å². The van der Waals surface area contributed by atoms with Gasteiger partial charge in [-0.05, 0) is 34.1 Å². The lowest BCUT2D eigenvalue weighted by Gasteiger charge is -2.12. The molecule has 0 unspecified atom stereocenters. The van der Waals surface area contributed by atoms with Crippen LogP contribution in [0.1, 0.15) is 10.4 Å². The summed E-state index contributed by atoms with van der Waals surface area (Å²) in [4.78, 5) is 15.1. The first-order valence-corrected chi connectivity index (χ1v) is 6.75. The zero-order valence-electron chi connectivity index (χ0n) is 10.6. The zero-order chi connectivity index (χ0) is 15.6. The van der Waals surface area contributed by atoms with Gasteiger partial charge >= 0.3 is 0 Å². The monoisotopic (exact) mass is 376 g/mol. The van der Waals surface area contributed by atoms with Crippen molar-refractivity contribution in [3.05, 3.63) is 51.2 Å². The van der Waals surface area contributed by atoms with Crippen molar-refractivity contribution in [1.82, 2.24) is 4.98 Å². The van der Waals surface area contributed by atoms with Crippen LogP contribution in [0.25, 0.3) is 0 Å².